The molecule has 1 N–H and O–H groups in total. The normalized spacial score (nSPS) is 10.8. The second-order valence-corrected chi connectivity index (χ2v) is 5.96. The fraction of sp³-hybridized carbons (Fsp3) is 0.250. The number of benzene rings is 1. The number of carbonyl (C=O) groups excluding carboxylic acids is 1. The zero-order valence-corrected chi connectivity index (χ0v) is 14.4. The zero-order chi connectivity index (χ0) is 17.3. The summed E-state index contributed by atoms with van der Waals surface area (Å²) in [5, 5.41) is 11.4. The third kappa shape index (κ3) is 3.30. The van der Waals surface area contributed by atoms with E-state index in [0.29, 0.717) is 17.3 Å². The lowest BCUT2D eigenvalue weighted by atomic mass is 10.1. The van der Waals surface area contributed by atoms with Gasteiger partial charge in [0.1, 0.15) is 12.0 Å². The summed E-state index contributed by atoms with van der Waals surface area (Å²) in [4.78, 5) is 16.4. The molecule has 8 heteroatoms. The van der Waals surface area contributed by atoms with E-state index in [2.05, 4.69) is 26.6 Å². The van der Waals surface area contributed by atoms with Crippen molar-refractivity contribution in [2.45, 2.75) is 20.4 Å². The number of nitrogens with zero attached hydrogens (tertiary/aromatic N) is 5. The Morgan fingerprint density at radius 1 is 1.29 bits per heavy atom. The molecule has 0 saturated carbocycles. The van der Waals surface area contributed by atoms with Crippen molar-refractivity contribution in [2.24, 2.45) is 7.05 Å². The first-order valence-corrected chi connectivity index (χ1v) is 7.77. The van der Waals surface area contributed by atoms with Crippen LogP contribution in [0.15, 0.2) is 30.6 Å². The summed E-state index contributed by atoms with van der Waals surface area (Å²) in [6.07, 6.45) is 1.58. The van der Waals surface area contributed by atoms with Gasteiger partial charge in [0.2, 0.25) is 5.95 Å². The van der Waals surface area contributed by atoms with Gasteiger partial charge in [0, 0.05) is 7.05 Å². The molecular formula is C16H17ClN6O. The van der Waals surface area contributed by atoms with Crippen molar-refractivity contribution < 1.29 is 4.79 Å². The van der Waals surface area contributed by atoms with Crippen LogP contribution in [0, 0.1) is 13.8 Å². The van der Waals surface area contributed by atoms with Crippen molar-refractivity contribution in [3.63, 3.8) is 0 Å². The smallest absolute Gasteiger partial charge is 0.277 e. The van der Waals surface area contributed by atoms with E-state index in [4.69, 9.17) is 11.6 Å². The molecule has 2 aromatic heterocycles. The molecule has 0 atom stereocenters. The third-order valence-corrected chi connectivity index (χ3v) is 4.01. The van der Waals surface area contributed by atoms with E-state index in [1.54, 1.807) is 25.0 Å². The third-order valence-electron chi connectivity index (χ3n) is 3.55. The minimum Gasteiger partial charge on any atom is -0.288 e. The van der Waals surface area contributed by atoms with E-state index in [1.165, 1.54) is 10.2 Å². The number of hydrogen-bond donors (Lipinski definition) is 1. The molecule has 0 aliphatic heterocycles. The summed E-state index contributed by atoms with van der Waals surface area (Å²) in [6.45, 7) is 4.36. The zero-order valence-electron chi connectivity index (χ0n) is 13.6. The Labute approximate surface area is 144 Å². The first-order chi connectivity index (χ1) is 11.4. The second-order valence-electron chi connectivity index (χ2n) is 5.58. The predicted octanol–water partition coefficient (Wildman–Crippen LogP) is 2.58. The molecule has 0 aliphatic carbocycles. The van der Waals surface area contributed by atoms with E-state index >= 15 is 0 Å². The van der Waals surface area contributed by atoms with E-state index < -0.39 is 5.91 Å². The van der Waals surface area contributed by atoms with E-state index in [9.17, 15) is 4.79 Å². The van der Waals surface area contributed by atoms with Crippen molar-refractivity contribution in [3.8, 4) is 0 Å². The Morgan fingerprint density at radius 2 is 2.08 bits per heavy atom. The molecule has 0 fully saturated rings. The summed E-state index contributed by atoms with van der Waals surface area (Å²) in [6, 6.07) is 8.14. The highest BCUT2D eigenvalue weighted by atomic mass is 35.5. The minimum absolute atomic E-state index is 0.225. The summed E-state index contributed by atoms with van der Waals surface area (Å²) >= 11 is 6.11. The van der Waals surface area contributed by atoms with Crippen LogP contribution in [0.4, 0.5) is 5.95 Å². The topological polar surface area (TPSA) is 77.6 Å². The minimum atomic E-state index is -0.392. The molecule has 0 spiro atoms. The van der Waals surface area contributed by atoms with Gasteiger partial charge in [-0.05, 0) is 19.4 Å². The van der Waals surface area contributed by atoms with Crippen LogP contribution >= 0.6 is 11.6 Å². The van der Waals surface area contributed by atoms with Gasteiger partial charge in [-0.2, -0.15) is 5.10 Å². The maximum atomic E-state index is 12.3. The maximum absolute atomic E-state index is 12.3. The number of hydrogen-bond acceptors (Lipinski definition) is 4. The molecule has 0 saturated heterocycles. The lowest BCUT2D eigenvalue weighted by molar-refractivity contribution is 0.101. The average molecular weight is 345 g/mol. The van der Waals surface area contributed by atoms with Gasteiger partial charge in [0.25, 0.3) is 5.91 Å². The number of amides is 1. The largest absolute Gasteiger partial charge is 0.288 e. The standard InChI is InChI=1S/C16H17ClN6O/c1-10-5-4-6-12(7-10)8-23-9-18-16(21-23)19-15(24)14-13(17)11(2)20-22(14)3/h4-7,9H,8H2,1-3H3,(H,19,21,24). The van der Waals surface area contributed by atoms with Crippen LogP contribution in [0.2, 0.25) is 5.02 Å². The average Bonchev–Trinajstić information content (AvgIpc) is 3.04. The van der Waals surface area contributed by atoms with Crippen LogP contribution in [0.5, 0.6) is 0 Å². The Bertz CT molecular complexity index is 898. The molecule has 0 aliphatic rings. The Balaban J connectivity index is 1.73. The van der Waals surface area contributed by atoms with Crippen molar-refractivity contribution in [3.05, 3.63) is 58.1 Å². The quantitative estimate of drug-likeness (QED) is 0.789. The number of carbonyl (C=O) groups is 1. The van der Waals surface area contributed by atoms with Gasteiger partial charge in [-0.25, -0.2) is 9.67 Å². The monoisotopic (exact) mass is 344 g/mol. The van der Waals surface area contributed by atoms with Gasteiger partial charge in [-0.1, -0.05) is 41.4 Å². The van der Waals surface area contributed by atoms with Crippen LogP contribution in [0.25, 0.3) is 0 Å². The summed E-state index contributed by atoms with van der Waals surface area (Å²) in [5.74, 6) is -0.168. The molecule has 0 unspecified atom stereocenters. The second kappa shape index (κ2) is 6.45. The maximum Gasteiger partial charge on any atom is 0.277 e. The number of aryl methyl sites for hydroxylation is 3. The van der Waals surface area contributed by atoms with Crippen molar-refractivity contribution in [2.75, 3.05) is 5.32 Å². The van der Waals surface area contributed by atoms with E-state index in [0.717, 1.165) is 5.56 Å². The van der Waals surface area contributed by atoms with Gasteiger partial charge in [0.05, 0.1) is 17.3 Å². The van der Waals surface area contributed by atoms with Crippen LogP contribution in [-0.4, -0.2) is 30.5 Å². The number of halogens is 1. The van der Waals surface area contributed by atoms with Gasteiger partial charge in [0.15, 0.2) is 0 Å². The Kier molecular flexibility index (Phi) is 4.35. The van der Waals surface area contributed by atoms with Crippen molar-refractivity contribution >= 4 is 23.5 Å². The van der Waals surface area contributed by atoms with Crippen LogP contribution in [-0.2, 0) is 13.6 Å². The molecule has 2 heterocycles. The molecule has 7 nitrogen and oxygen atoms in total. The Hall–Kier alpha value is -2.67. The summed E-state index contributed by atoms with van der Waals surface area (Å²) < 4.78 is 3.11. The van der Waals surface area contributed by atoms with Crippen LogP contribution < -0.4 is 5.32 Å². The predicted molar refractivity (Wildman–Crippen MR) is 91.2 cm³/mol. The van der Waals surface area contributed by atoms with Gasteiger partial charge < -0.3 is 0 Å². The molecule has 0 bridgehead atoms. The lowest BCUT2D eigenvalue weighted by Gasteiger charge is -2.03. The fourth-order valence-electron chi connectivity index (χ4n) is 2.47. The van der Waals surface area contributed by atoms with Crippen molar-refractivity contribution in [1.29, 1.82) is 0 Å². The van der Waals surface area contributed by atoms with Crippen LogP contribution in [0.1, 0.15) is 27.3 Å². The Morgan fingerprint density at radius 3 is 2.75 bits per heavy atom. The van der Waals surface area contributed by atoms with Crippen molar-refractivity contribution in [1.82, 2.24) is 24.5 Å². The molecule has 124 valence electrons. The molecule has 24 heavy (non-hydrogen) atoms. The van der Waals surface area contributed by atoms with Gasteiger partial charge in [-0.15, -0.1) is 5.10 Å². The molecular weight excluding hydrogens is 328 g/mol. The number of anilines is 1. The molecule has 1 amide bonds. The number of nitrogens with one attached hydrogen (secondary N) is 1. The number of rotatable bonds is 4. The summed E-state index contributed by atoms with van der Waals surface area (Å²) in [7, 11) is 1.66. The molecule has 0 radical (unpaired) electrons. The molecule has 3 aromatic rings. The fourth-order valence-corrected chi connectivity index (χ4v) is 2.71. The summed E-state index contributed by atoms with van der Waals surface area (Å²) in [5.41, 5.74) is 3.18. The highest BCUT2D eigenvalue weighted by Crippen LogP contribution is 2.20. The SMILES string of the molecule is Cc1cccc(Cn2cnc(NC(=O)c3c(Cl)c(C)nn3C)n2)c1. The lowest BCUT2D eigenvalue weighted by Crippen LogP contribution is -2.17. The van der Waals surface area contributed by atoms with E-state index in [1.807, 2.05) is 25.1 Å². The molecule has 3 rings (SSSR count). The molecule has 1 aromatic carbocycles. The highest BCUT2D eigenvalue weighted by molar-refractivity contribution is 6.34. The first-order valence-electron chi connectivity index (χ1n) is 7.39. The van der Waals surface area contributed by atoms with Gasteiger partial charge in [-0.3, -0.25) is 14.8 Å². The van der Waals surface area contributed by atoms with Gasteiger partial charge >= 0.3 is 0 Å². The van der Waals surface area contributed by atoms with Crippen LogP contribution in [0.3, 0.4) is 0 Å². The van der Waals surface area contributed by atoms with E-state index in [-0.39, 0.29) is 11.6 Å². The number of aromatic nitrogens is 5. The first kappa shape index (κ1) is 16.2. The highest BCUT2D eigenvalue weighted by Gasteiger charge is 2.19.